The van der Waals surface area contributed by atoms with Crippen molar-refractivity contribution in [1.82, 2.24) is 10.2 Å². The van der Waals surface area contributed by atoms with E-state index >= 15 is 0 Å². The first kappa shape index (κ1) is 20.8. The lowest BCUT2D eigenvalue weighted by Crippen LogP contribution is -2.54. The molecule has 3 N–H and O–H groups in total. The summed E-state index contributed by atoms with van der Waals surface area (Å²) in [6.07, 6.45) is 0.545. The summed E-state index contributed by atoms with van der Waals surface area (Å²) in [7, 11) is 0. The van der Waals surface area contributed by atoms with Crippen LogP contribution in [0.15, 0.2) is 12.1 Å². The Labute approximate surface area is 178 Å². The Bertz CT molecular complexity index is 980. The van der Waals surface area contributed by atoms with Gasteiger partial charge in [-0.15, -0.1) is 0 Å². The van der Waals surface area contributed by atoms with Gasteiger partial charge in [-0.25, -0.2) is 0 Å². The number of benzene rings is 1. The standard InChI is InChI=1S/C21H24ClN3O5/c1-4-10(3)25-18(28)15-13(5-6-14(26)27)24-21(16(15)19(25)29)12-8-11(22)7-9(2)17(12)23-20(21)30/h7-8,10,13,15-16,24H,4-6H2,1-3H3,(H,23,30)(H,26,27). The first-order chi connectivity index (χ1) is 14.1. The third-order valence-electron chi connectivity index (χ3n) is 6.72. The zero-order valence-corrected chi connectivity index (χ0v) is 17.7. The second-order valence-electron chi connectivity index (χ2n) is 8.40. The van der Waals surface area contributed by atoms with Gasteiger partial charge in [-0.1, -0.05) is 18.5 Å². The van der Waals surface area contributed by atoms with E-state index < -0.39 is 41.2 Å². The fourth-order valence-electron chi connectivity index (χ4n) is 5.20. The summed E-state index contributed by atoms with van der Waals surface area (Å²) in [6, 6.07) is 2.45. The maximum atomic E-state index is 13.5. The summed E-state index contributed by atoms with van der Waals surface area (Å²) in [5.41, 5.74) is 0.424. The molecule has 9 heteroatoms. The summed E-state index contributed by atoms with van der Waals surface area (Å²) in [5, 5.41) is 15.7. The third kappa shape index (κ3) is 2.70. The van der Waals surface area contributed by atoms with Gasteiger partial charge in [0.15, 0.2) is 0 Å². The number of carboxylic acid groups (broad SMARTS) is 1. The predicted molar refractivity (Wildman–Crippen MR) is 109 cm³/mol. The molecule has 3 aliphatic rings. The molecule has 1 aromatic rings. The predicted octanol–water partition coefficient (Wildman–Crippen LogP) is 2.03. The number of anilines is 1. The number of carboxylic acids is 1. The van der Waals surface area contributed by atoms with Gasteiger partial charge in [0.25, 0.3) is 0 Å². The van der Waals surface area contributed by atoms with Crippen LogP contribution in [0.1, 0.15) is 44.2 Å². The molecule has 5 unspecified atom stereocenters. The average molecular weight is 434 g/mol. The van der Waals surface area contributed by atoms with E-state index in [9.17, 15) is 19.2 Å². The first-order valence-corrected chi connectivity index (χ1v) is 10.5. The van der Waals surface area contributed by atoms with Crippen LogP contribution in [-0.2, 0) is 24.7 Å². The van der Waals surface area contributed by atoms with Gasteiger partial charge < -0.3 is 10.4 Å². The number of carbonyl (C=O) groups excluding carboxylic acids is 3. The molecule has 0 radical (unpaired) electrons. The number of imide groups is 1. The molecule has 8 nitrogen and oxygen atoms in total. The lowest BCUT2D eigenvalue weighted by molar-refractivity contribution is -0.145. The highest BCUT2D eigenvalue weighted by Gasteiger charge is 2.70. The number of fused-ring (bicyclic) bond motifs is 4. The smallest absolute Gasteiger partial charge is 0.303 e. The topological polar surface area (TPSA) is 116 Å². The van der Waals surface area contributed by atoms with E-state index in [1.54, 1.807) is 19.1 Å². The SMILES string of the molecule is CCC(C)N1C(=O)C2C(CCC(=O)O)NC3(C(=O)Nc4c(C)cc(Cl)cc43)C2C1=O. The monoisotopic (exact) mass is 433 g/mol. The van der Waals surface area contributed by atoms with Crippen LogP contribution in [-0.4, -0.2) is 45.8 Å². The zero-order chi connectivity index (χ0) is 22.0. The Kier molecular flexibility index (Phi) is 4.90. The van der Waals surface area contributed by atoms with Crippen molar-refractivity contribution in [1.29, 1.82) is 0 Å². The van der Waals surface area contributed by atoms with E-state index in [1.165, 1.54) is 4.90 Å². The molecule has 5 atom stereocenters. The van der Waals surface area contributed by atoms with Crippen molar-refractivity contribution in [2.24, 2.45) is 11.8 Å². The van der Waals surface area contributed by atoms with Crippen LogP contribution < -0.4 is 10.6 Å². The van der Waals surface area contributed by atoms with Crippen molar-refractivity contribution in [2.45, 2.75) is 57.7 Å². The number of halogens is 1. The third-order valence-corrected chi connectivity index (χ3v) is 6.94. The lowest BCUT2D eigenvalue weighted by Gasteiger charge is -2.31. The Hall–Kier alpha value is -2.45. The number of likely N-dealkylation sites (tertiary alicyclic amines) is 1. The minimum Gasteiger partial charge on any atom is -0.481 e. The molecule has 0 aliphatic carbocycles. The second-order valence-corrected chi connectivity index (χ2v) is 8.83. The van der Waals surface area contributed by atoms with Gasteiger partial charge in [0, 0.05) is 34.8 Å². The van der Waals surface area contributed by atoms with E-state index in [-0.39, 0.29) is 24.8 Å². The number of carbonyl (C=O) groups is 4. The molecule has 3 heterocycles. The summed E-state index contributed by atoms with van der Waals surface area (Å²) in [4.78, 5) is 52.6. The van der Waals surface area contributed by atoms with Gasteiger partial charge in [0.2, 0.25) is 17.7 Å². The molecule has 0 bridgehead atoms. The molecule has 2 fully saturated rings. The van der Waals surface area contributed by atoms with Gasteiger partial charge in [-0.3, -0.25) is 29.4 Å². The van der Waals surface area contributed by atoms with E-state index in [2.05, 4.69) is 10.6 Å². The fraction of sp³-hybridized carbons (Fsp3) is 0.524. The van der Waals surface area contributed by atoms with Crippen LogP contribution in [0.4, 0.5) is 5.69 Å². The minimum absolute atomic E-state index is 0.133. The Balaban J connectivity index is 1.88. The summed E-state index contributed by atoms with van der Waals surface area (Å²) >= 11 is 6.28. The van der Waals surface area contributed by atoms with Crippen molar-refractivity contribution < 1.29 is 24.3 Å². The second kappa shape index (κ2) is 7.06. The highest BCUT2D eigenvalue weighted by Crippen LogP contribution is 2.54. The van der Waals surface area contributed by atoms with Crippen molar-refractivity contribution in [3.8, 4) is 0 Å². The normalized spacial score (nSPS) is 30.6. The number of amides is 3. The molecule has 3 aliphatic heterocycles. The molecular weight excluding hydrogens is 410 g/mol. The van der Waals surface area contributed by atoms with Crippen LogP contribution >= 0.6 is 11.6 Å². The van der Waals surface area contributed by atoms with Crippen molar-refractivity contribution in [3.05, 3.63) is 28.3 Å². The van der Waals surface area contributed by atoms with Crippen LogP contribution in [0.25, 0.3) is 0 Å². The Morgan fingerprint density at radius 3 is 2.63 bits per heavy atom. The van der Waals surface area contributed by atoms with Crippen molar-refractivity contribution in [2.75, 3.05) is 5.32 Å². The van der Waals surface area contributed by atoms with Crippen LogP contribution in [0.3, 0.4) is 0 Å². The van der Waals surface area contributed by atoms with E-state index in [4.69, 9.17) is 16.7 Å². The maximum Gasteiger partial charge on any atom is 0.303 e. The molecule has 0 saturated carbocycles. The summed E-state index contributed by atoms with van der Waals surface area (Å²) < 4.78 is 0. The van der Waals surface area contributed by atoms with Crippen LogP contribution in [0.5, 0.6) is 0 Å². The molecule has 160 valence electrons. The number of aryl methyl sites for hydroxylation is 1. The first-order valence-electron chi connectivity index (χ1n) is 10.1. The fourth-order valence-corrected chi connectivity index (χ4v) is 5.47. The van der Waals surface area contributed by atoms with E-state index in [0.29, 0.717) is 22.7 Å². The highest BCUT2D eigenvalue weighted by atomic mass is 35.5. The molecule has 3 amide bonds. The lowest BCUT2D eigenvalue weighted by atomic mass is 9.76. The van der Waals surface area contributed by atoms with E-state index in [1.807, 2.05) is 13.8 Å². The molecule has 2 saturated heterocycles. The van der Waals surface area contributed by atoms with Gasteiger partial charge in [0.05, 0.1) is 11.8 Å². The largest absolute Gasteiger partial charge is 0.481 e. The quantitative estimate of drug-likeness (QED) is 0.612. The number of hydrogen-bond acceptors (Lipinski definition) is 5. The Morgan fingerprint density at radius 1 is 1.30 bits per heavy atom. The van der Waals surface area contributed by atoms with Crippen LogP contribution in [0, 0.1) is 18.8 Å². The summed E-state index contributed by atoms with van der Waals surface area (Å²) in [6.45, 7) is 5.49. The maximum absolute atomic E-state index is 13.5. The minimum atomic E-state index is -1.45. The van der Waals surface area contributed by atoms with Gasteiger partial charge in [0.1, 0.15) is 5.54 Å². The molecule has 1 aromatic carbocycles. The number of hydrogen-bond donors (Lipinski definition) is 3. The molecular formula is C21H24ClN3O5. The van der Waals surface area contributed by atoms with Gasteiger partial charge >= 0.3 is 5.97 Å². The average Bonchev–Trinajstić information content (AvgIpc) is 3.25. The van der Waals surface area contributed by atoms with Gasteiger partial charge in [-0.2, -0.15) is 0 Å². The van der Waals surface area contributed by atoms with Crippen LogP contribution in [0.2, 0.25) is 5.02 Å². The molecule has 1 spiro atoms. The van der Waals surface area contributed by atoms with Gasteiger partial charge in [-0.05, 0) is 44.4 Å². The number of aliphatic carboxylic acids is 1. The highest BCUT2D eigenvalue weighted by molar-refractivity contribution is 6.31. The molecule has 30 heavy (non-hydrogen) atoms. The number of rotatable bonds is 5. The zero-order valence-electron chi connectivity index (χ0n) is 17.0. The molecule has 4 rings (SSSR count). The molecule has 0 aromatic heterocycles. The van der Waals surface area contributed by atoms with Crippen molar-refractivity contribution in [3.63, 3.8) is 0 Å². The number of nitrogens with zero attached hydrogens (tertiary/aromatic N) is 1. The summed E-state index contributed by atoms with van der Waals surface area (Å²) in [5.74, 6) is -3.91. The Morgan fingerprint density at radius 2 is 2.00 bits per heavy atom. The van der Waals surface area contributed by atoms with E-state index in [0.717, 1.165) is 5.56 Å². The van der Waals surface area contributed by atoms with Crippen molar-refractivity contribution >= 4 is 41.0 Å². The number of nitrogens with one attached hydrogen (secondary N) is 2.